The predicted molar refractivity (Wildman–Crippen MR) is 91.2 cm³/mol. The Morgan fingerprint density at radius 1 is 0.789 bits per heavy atom. The van der Waals surface area contributed by atoms with Crippen LogP contribution in [0, 0.1) is 11.8 Å². The molecule has 2 aliphatic rings. The Kier molecular flexibility index (Phi) is 4.98. The van der Waals surface area contributed by atoms with Gasteiger partial charge in [0.1, 0.15) is 0 Å². The van der Waals surface area contributed by atoms with Gasteiger partial charge in [-0.05, 0) is 0 Å². The summed E-state index contributed by atoms with van der Waals surface area (Å²) >= 11 is 1.65. The van der Waals surface area contributed by atoms with Gasteiger partial charge >= 0.3 is 144 Å². The summed E-state index contributed by atoms with van der Waals surface area (Å²) in [4.78, 5) is 0. The minimum absolute atomic E-state index is 0. The Morgan fingerprint density at radius 2 is 1.11 bits per heavy atom. The minimum Gasteiger partial charge on any atom is -1.00 e. The van der Waals surface area contributed by atoms with Crippen molar-refractivity contribution in [3.8, 4) is 0 Å². The third kappa shape index (κ3) is 2.63. The predicted octanol–water partition coefficient (Wildman–Crippen LogP) is 2.42. The van der Waals surface area contributed by atoms with Crippen molar-refractivity contribution in [1.29, 1.82) is 0 Å². The van der Waals surface area contributed by atoms with Crippen LogP contribution in [0.15, 0.2) is 38.9 Å². The SMILES string of the molecule is CC1=C(C)C(C)[C]([Ti][C]2=[C]([GeH3])C(C)=C(C)C2C)=[C]1[GeH3].[H-].[H-]. The van der Waals surface area contributed by atoms with E-state index in [2.05, 4.69) is 41.5 Å². The third-order valence-electron chi connectivity index (χ3n) is 5.55. The third-order valence-corrected chi connectivity index (χ3v) is 17.6. The fourth-order valence-electron chi connectivity index (χ4n) is 3.28. The van der Waals surface area contributed by atoms with Crippen LogP contribution in [0.25, 0.3) is 0 Å². The second-order valence-electron chi connectivity index (χ2n) is 6.26. The van der Waals surface area contributed by atoms with E-state index in [1.165, 1.54) is 0 Å². The summed E-state index contributed by atoms with van der Waals surface area (Å²) in [5.41, 5.74) is 6.62. The molecule has 19 heavy (non-hydrogen) atoms. The van der Waals surface area contributed by atoms with Gasteiger partial charge in [0, 0.05) is 0 Å². The summed E-state index contributed by atoms with van der Waals surface area (Å²) in [5.74, 6) is 1.51. The molecule has 0 N–H and O–H groups in total. The molecule has 0 radical (unpaired) electrons. The summed E-state index contributed by atoms with van der Waals surface area (Å²) in [5, 5.41) is 0. The molecule has 2 atom stereocenters. The van der Waals surface area contributed by atoms with Gasteiger partial charge in [0.05, 0.1) is 0 Å². The zero-order valence-corrected chi connectivity index (χ0v) is 23.6. The average molecular weight is 413 g/mol. The van der Waals surface area contributed by atoms with Crippen molar-refractivity contribution in [2.75, 3.05) is 0 Å². The molecular weight excluding hydrogens is 385 g/mol. The van der Waals surface area contributed by atoms with Crippen molar-refractivity contribution in [3.05, 3.63) is 38.9 Å². The molecule has 0 bridgehead atoms. The summed E-state index contributed by atoms with van der Waals surface area (Å²) in [7, 11) is 0. The number of rotatable bonds is 2. The van der Waals surface area contributed by atoms with E-state index < -0.39 is 0 Å². The maximum Gasteiger partial charge on any atom is -1.00 e. The second kappa shape index (κ2) is 5.87. The smallest absolute Gasteiger partial charge is 1.00 e. The molecule has 2 unspecified atom stereocenters. The molecule has 0 fully saturated rings. The Bertz CT molecular complexity index is 521. The van der Waals surface area contributed by atoms with Gasteiger partial charge in [0.2, 0.25) is 0 Å². The quantitative estimate of drug-likeness (QED) is 0.610. The number of hydrogen-bond acceptors (Lipinski definition) is 0. The van der Waals surface area contributed by atoms with Crippen molar-refractivity contribution in [1.82, 2.24) is 0 Å². The van der Waals surface area contributed by atoms with Crippen LogP contribution in [0.3, 0.4) is 0 Å². The molecule has 0 saturated heterocycles. The molecule has 0 saturated carbocycles. The molecular formula is C16H28Ge2Ti-2. The van der Waals surface area contributed by atoms with E-state index in [1.807, 2.05) is 7.76 Å². The standard InChI is InChI=1S/2C8H13Ge.Ti.2H/c2*1-5-4-8(9)7(3)6(5)2;;;/h2*5H,1-3,9H3;;;/q;;;2*-1. The number of allylic oxidation sites excluding steroid dienone is 8. The minimum atomic E-state index is -0.0385. The van der Waals surface area contributed by atoms with Gasteiger partial charge in [-0.25, -0.2) is 0 Å². The van der Waals surface area contributed by atoms with Crippen molar-refractivity contribution in [3.63, 3.8) is 0 Å². The molecule has 2 rings (SSSR count). The Hall–Kier alpha value is 0.760. The van der Waals surface area contributed by atoms with Crippen LogP contribution in [0.2, 0.25) is 0 Å². The molecule has 0 aromatic carbocycles. The first-order chi connectivity index (χ1) is 8.77. The second-order valence-corrected chi connectivity index (χ2v) is 12.5. The van der Waals surface area contributed by atoms with E-state index in [0.717, 1.165) is 44.9 Å². The van der Waals surface area contributed by atoms with E-state index in [0.29, 0.717) is 0 Å². The molecule has 3 heteroatoms. The van der Waals surface area contributed by atoms with Crippen LogP contribution in [0.4, 0.5) is 0 Å². The summed E-state index contributed by atoms with van der Waals surface area (Å²) in [6.45, 7) is 14.3. The van der Waals surface area contributed by atoms with Gasteiger partial charge in [0.15, 0.2) is 0 Å². The molecule has 0 amide bonds. The van der Waals surface area contributed by atoms with Gasteiger partial charge in [-0.1, -0.05) is 0 Å². The fourth-order valence-corrected chi connectivity index (χ4v) is 11.9. The Balaban J connectivity index is 0.00000200. The molecule has 0 nitrogen and oxygen atoms in total. The van der Waals surface area contributed by atoms with Crippen LogP contribution in [0.5, 0.6) is 0 Å². The topological polar surface area (TPSA) is 0 Å². The first-order valence-electron chi connectivity index (χ1n) is 7.31. The van der Waals surface area contributed by atoms with E-state index in [9.17, 15) is 0 Å². The molecule has 0 heterocycles. The van der Waals surface area contributed by atoms with Gasteiger partial charge in [0.25, 0.3) is 0 Å². The van der Waals surface area contributed by atoms with E-state index in [4.69, 9.17) is 0 Å². The molecule has 0 aromatic heterocycles. The molecule has 0 spiro atoms. The van der Waals surface area contributed by atoms with E-state index in [1.54, 1.807) is 31.1 Å². The van der Waals surface area contributed by atoms with Crippen LogP contribution >= 0.6 is 0 Å². The Morgan fingerprint density at radius 3 is 1.32 bits per heavy atom. The maximum absolute atomic E-state index is 2.44. The van der Waals surface area contributed by atoms with Crippen LogP contribution < -0.4 is 0 Å². The van der Waals surface area contributed by atoms with Gasteiger partial charge in [-0.2, -0.15) is 0 Å². The van der Waals surface area contributed by atoms with E-state index >= 15 is 0 Å². The van der Waals surface area contributed by atoms with E-state index in [-0.39, 0.29) is 22.0 Å². The van der Waals surface area contributed by atoms with Crippen LogP contribution in [-0.4, -0.2) is 33.0 Å². The molecule has 0 aliphatic heterocycles. The average Bonchev–Trinajstić information content (AvgIpc) is 2.68. The first-order valence-corrected chi connectivity index (χ1v) is 13.1. The maximum atomic E-state index is 2.44. The van der Waals surface area contributed by atoms with Crippen molar-refractivity contribution >= 4 is 33.0 Å². The number of hydrogen-bond donors (Lipinski definition) is 0. The normalized spacial score (nSPS) is 28.5. The Labute approximate surface area is 146 Å². The first kappa shape index (κ1) is 16.1. The van der Waals surface area contributed by atoms with Crippen molar-refractivity contribution in [2.45, 2.75) is 41.5 Å². The van der Waals surface area contributed by atoms with Crippen LogP contribution in [-0.2, 0) is 19.2 Å². The van der Waals surface area contributed by atoms with Gasteiger partial charge in [-0.3, -0.25) is 0 Å². The molecule has 106 valence electrons. The fraction of sp³-hybridized carbons (Fsp3) is 0.500. The monoisotopic (exact) mass is 416 g/mol. The zero-order valence-electron chi connectivity index (χ0n) is 15.7. The summed E-state index contributed by atoms with van der Waals surface area (Å²) < 4.78 is 7.39. The van der Waals surface area contributed by atoms with Crippen molar-refractivity contribution < 1.29 is 22.0 Å². The summed E-state index contributed by atoms with van der Waals surface area (Å²) in [6, 6.07) is 0. The van der Waals surface area contributed by atoms with Crippen molar-refractivity contribution in [2.24, 2.45) is 11.8 Å². The summed E-state index contributed by atoms with van der Waals surface area (Å²) in [6.07, 6.45) is 0. The van der Waals surface area contributed by atoms with Crippen LogP contribution in [0.1, 0.15) is 44.4 Å². The zero-order chi connectivity index (χ0) is 14.5. The van der Waals surface area contributed by atoms with Gasteiger partial charge < -0.3 is 2.85 Å². The molecule has 2 aliphatic carbocycles. The molecule has 0 aromatic rings. The van der Waals surface area contributed by atoms with Gasteiger partial charge in [-0.15, -0.1) is 0 Å². The largest absolute Gasteiger partial charge is 1.00 e.